The fraction of sp³-hybridized carbons (Fsp3) is 0.154. The van der Waals surface area contributed by atoms with Crippen LogP contribution in [0.5, 0.6) is 0 Å². The van der Waals surface area contributed by atoms with E-state index in [1.165, 1.54) is 29.7 Å². The normalized spacial score (nSPS) is 11.2. The predicted molar refractivity (Wildman–Crippen MR) is 71.8 cm³/mol. The van der Waals surface area contributed by atoms with Gasteiger partial charge in [-0.2, -0.15) is 9.57 Å². The van der Waals surface area contributed by atoms with E-state index < -0.39 is 10.0 Å². The molecule has 0 saturated carbocycles. The molecule has 6 nitrogen and oxygen atoms in total. The largest absolute Gasteiger partial charge is 0.264 e. The highest BCUT2D eigenvalue weighted by atomic mass is 32.2. The molecule has 0 aliphatic carbocycles. The molecule has 102 valence electrons. The molecule has 0 bridgehead atoms. The summed E-state index contributed by atoms with van der Waals surface area (Å²) in [5, 5.41) is 8.95. The highest BCUT2D eigenvalue weighted by Gasteiger charge is 2.24. The molecule has 0 radical (unpaired) electrons. The molecule has 0 unspecified atom stereocenters. The van der Waals surface area contributed by atoms with Crippen LogP contribution in [0.25, 0.3) is 0 Å². The van der Waals surface area contributed by atoms with Gasteiger partial charge in [-0.25, -0.2) is 13.4 Å². The van der Waals surface area contributed by atoms with Crippen LogP contribution in [0.4, 0.5) is 0 Å². The van der Waals surface area contributed by atoms with Crippen molar-refractivity contribution >= 4 is 10.0 Å². The zero-order valence-corrected chi connectivity index (χ0v) is 11.6. The van der Waals surface area contributed by atoms with Gasteiger partial charge in [0, 0.05) is 32.2 Å². The van der Waals surface area contributed by atoms with Crippen molar-refractivity contribution in [1.29, 1.82) is 5.26 Å². The lowest BCUT2D eigenvalue weighted by Crippen LogP contribution is -2.27. The van der Waals surface area contributed by atoms with Gasteiger partial charge in [-0.15, -0.1) is 0 Å². The molecule has 2 aromatic rings. The van der Waals surface area contributed by atoms with Gasteiger partial charge in [0.25, 0.3) is 0 Å². The fourth-order valence-corrected chi connectivity index (χ4v) is 2.93. The van der Waals surface area contributed by atoms with Gasteiger partial charge in [-0.1, -0.05) is 6.07 Å². The number of pyridine rings is 2. The topological polar surface area (TPSA) is 87.0 Å². The van der Waals surface area contributed by atoms with Gasteiger partial charge < -0.3 is 0 Å². The minimum atomic E-state index is -3.76. The Balaban J connectivity index is 2.33. The fourth-order valence-electron chi connectivity index (χ4n) is 1.68. The lowest BCUT2D eigenvalue weighted by molar-refractivity contribution is 0.465. The van der Waals surface area contributed by atoms with E-state index >= 15 is 0 Å². The summed E-state index contributed by atoms with van der Waals surface area (Å²) < 4.78 is 26.0. The van der Waals surface area contributed by atoms with Gasteiger partial charge in [0.1, 0.15) is 11.0 Å². The van der Waals surface area contributed by atoms with E-state index in [-0.39, 0.29) is 17.1 Å². The van der Waals surface area contributed by atoms with E-state index in [0.717, 1.165) is 5.56 Å². The predicted octanol–water partition coefficient (Wildman–Crippen LogP) is 1.17. The molecule has 0 aromatic carbocycles. The molecule has 0 spiro atoms. The standard InChI is InChI=1S/C13H12N4O2S/c1-17(10-11-4-2-6-15-9-11)20(18,19)13-5-3-7-16-12(13)8-14/h2-7,9H,10H2,1H3. The Kier molecular flexibility index (Phi) is 4.08. The number of nitriles is 1. The van der Waals surface area contributed by atoms with Gasteiger partial charge >= 0.3 is 0 Å². The Bertz CT molecular complexity index is 738. The van der Waals surface area contributed by atoms with Crippen LogP contribution in [-0.4, -0.2) is 29.7 Å². The summed E-state index contributed by atoms with van der Waals surface area (Å²) in [4.78, 5) is 7.62. The molecular weight excluding hydrogens is 276 g/mol. The summed E-state index contributed by atoms with van der Waals surface area (Å²) in [7, 11) is -2.30. The Labute approximate surface area is 117 Å². The van der Waals surface area contributed by atoms with E-state index in [1.807, 2.05) is 0 Å². The molecule has 2 rings (SSSR count). The quantitative estimate of drug-likeness (QED) is 0.842. The lowest BCUT2D eigenvalue weighted by Gasteiger charge is -2.17. The minimum absolute atomic E-state index is 0.0890. The van der Waals surface area contributed by atoms with Crippen molar-refractivity contribution in [3.05, 3.63) is 54.1 Å². The number of aromatic nitrogens is 2. The van der Waals surface area contributed by atoms with Crippen LogP contribution in [-0.2, 0) is 16.6 Å². The molecule has 0 aliphatic heterocycles. The van der Waals surface area contributed by atoms with Crippen molar-refractivity contribution in [1.82, 2.24) is 14.3 Å². The van der Waals surface area contributed by atoms with E-state index in [2.05, 4.69) is 9.97 Å². The summed E-state index contributed by atoms with van der Waals surface area (Å²) in [6.45, 7) is 0.177. The van der Waals surface area contributed by atoms with Gasteiger partial charge in [0.05, 0.1) is 0 Å². The Morgan fingerprint density at radius 1 is 1.30 bits per heavy atom. The van der Waals surface area contributed by atoms with Crippen LogP contribution in [0.3, 0.4) is 0 Å². The van der Waals surface area contributed by atoms with Crippen molar-refractivity contribution in [2.24, 2.45) is 0 Å². The first-order chi connectivity index (χ1) is 9.55. The minimum Gasteiger partial charge on any atom is -0.264 e. The van der Waals surface area contributed by atoms with Crippen LogP contribution in [0, 0.1) is 11.3 Å². The number of sulfonamides is 1. The molecule has 2 aromatic heterocycles. The zero-order valence-electron chi connectivity index (χ0n) is 10.8. The van der Waals surface area contributed by atoms with Gasteiger partial charge in [-0.3, -0.25) is 4.98 Å². The Morgan fingerprint density at radius 2 is 2.05 bits per heavy atom. The van der Waals surface area contributed by atoms with E-state index in [9.17, 15) is 8.42 Å². The second-order valence-electron chi connectivity index (χ2n) is 4.08. The molecule has 0 aliphatic rings. The Morgan fingerprint density at radius 3 is 2.70 bits per heavy atom. The molecule has 0 N–H and O–H groups in total. The van der Waals surface area contributed by atoms with E-state index in [0.29, 0.717) is 0 Å². The molecule has 0 saturated heterocycles. The third kappa shape index (κ3) is 2.82. The molecular formula is C13H12N4O2S. The van der Waals surface area contributed by atoms with E-state index in [4.69, 9.17) is 5.26 Å². The number of hydrogen-bond acceptors (Lipinski definition) is 5. The van der Waals surface area contributed by atoms with Gasteiger partial charge in [0.15, 0.2) is 5.69 Å². The summed E-state index contributed by atoms with van der Waals surface area (Å²) in [6, 6.07) is 8.18. The molecule has 20 heavy (non-hydrogen) atoms. The molecule has 0 atom stereocenters. The summed E-state index contributed by atoms with van der Waals surface area (Å²) in [6.07, 6.45) is 4.60. The van der Waals surface area contributed by atoms with E-state index in [1.54, 1.807) is 30.6 Å². The maximum Gasteiger partial charge on any atom is 0.246 e. The average Bonchev–Trinajstić information content (AvgIpc) is 2.48. The van der Waals surface area contributed by atoms with Crippen molar-refractivity contribution in [3.8, 4) is 6.07 Å². The summed E-state index contributed by atoms with van der Waals surface area (Å²) >= 11 is 0. The average molecular weight is 288 g/mol. The molecule has 2 heterocycles. The maximum absolute atomic E-state index is 12.4. The van der Waals surface area contributed by atoms with Crippen LogP contribution in [0.15, 0.2) is 47.8 Å². The lowest BCUT2D eigenvalue weighted by atomic mass is 10.3. The smallest absolute Gasteiger partial charge is 0.246 e. The monoisotopic (exact) mass is 288 g/mol. The molecule has 0 amide bonds. The van der Waals surface area contributed by atoms with Crippen molar-refractivity contribution in [2.75, 3.05) is 7.05 Å². The third-order valence-corrected chi connectivity index (χ3v) is 4.53. The SMILES string of the molecule is CN(Cc1cccnc1)S(=O)(=O)c1cccnc1C#N. The zero-order chi connectivity index (χ0) is 14.6. The summed E-state index contributed by atoms with van der Waals surface area (Å²) in [5.41, 5.74) is 0.659. The second kappa shape index (κ2) is 5.77. The second-order valence-corrected chi connectivity index (χ2v) is 6.10. The van der Waals surface area contributed by atoms with Crippen molar-refractivity contribution in [2.45, 2.75) is 11.4 Å². The van der Waals surface area contributed by atoms with Crippen LogP contribution >= 0.6 is 0 Å². The first kappa shape index (κ1) is 14.1. The first-order valence-corrected chi connectivity index (χ1v) is 7.20. The van der Waals surface area contributed by atoms with Gasteiger partial charge in [-0.05, 0) is 23.8 Å². The summed E-state index contributed by atoms with van der Waals surface area (Å²) in [5.74, 6) is 0. The number of rotatable bonds is 4. The first-order valence-electron chi connectivity index (χ1n) is 5.76. The van der Waals surface area contributed by atoms with Crippen LogP contribution < -0.4 is 0 Å². The van der Waals surface area contributed by atoms with Crippen LogP contribution in [0.1, 0.15) is 11.3 Å². The van der Waals surface area contributed by atoms with Crippen LogP contribution in [0.2, 0.25) is 0 Å². The van der Waals surface area contributed by atoms with Crippen molar-refractivity contribution < 1.29 is 8.42 Å². The maximum atomic E-state index is 12.4. The number of nitrogens with zero attached hydrogens (tertiary/aromatic N) is 4. The molecule has 7 heteroatoms. The van der Waals surface area contributed by atoms with Gasteiger partial charge in [0.2, 0.25) is 10.0 Å². The number of hydrogen-bond donors (Lipinski definition) is 0. The van der Waals surface area contributed by atoms with Crippen molar-refractivity contribution in [3.63, 3.8) is 0 Å². The molecule has 0 fully saturated rings. The third-order valence-electron chi connectivity index (χ3n) is 2.69. The highest BCUT2D eigenvalue weighted by Crippen LogP contribution is 2.18. The highest BCUT2D eigenvalue weighted by molar-refractivity contribution is 7.89. The Hall–Kier alpha value is -2.30.